The van der Waals surface area contributed by atoms with Crippen LogP contribution in [0.3, 0.4) is 0 Å². The van der Waals surface area contributed by atoms with Crippen LogP contribution in [0.2, 0.25) is 0 Å². The number of nitrogens with zero attached hydrogens (tertiary/aromatic N) is 2. The van der Waals surface area contributed by atoms with E-state index in [2.05, 4.69) is 30.9 Å². The maximum Gasteiger partial charge on any atom is 0.409 e. The third-order valence-corrected chi connectivity index (χ3v) is 8.01. The van der Waals surface area contributed by atoms with Crippen molar-refractivity contribution in [1.29, 1.82) is 0 Å². The molecular weight excluding hydrogens is 432 g/mol. The average molecular weight is 475 g/mol. The Labute approximate surface area is 204 Å². The second-order valence-corrected chi connectivity index (χ2v) is 10.8. The van der Waals surface area contributed by atoms with Gasteiger partial charge in [0.2, 0.25) is 0 Å². The first-order chi connectivity index (χ1) is 16.4. The SMILES string of the molecule is COc1cc2c(cc1OC)C1CC(COC(=O)N3CCCC(CO)C3)C(CC(C)C)CN1CC2. The number of benzene rings is 1. The van der Waals surface area contributed by atoms with E-state index >= 15 is 0 Å². The molecule has 2 fully saturated rings. The minimum absolute atomic E-state index is 0.133. The maximum absolute atomic E-state index is 12.8. The lowest BCUT2D eigenvalue weighted by atomic mass is 9.74. The number of hydrogen-bond donors (Lipinski definition) is 1. The number of piperidine rings is 2. The van der Waals surface area contributed by atoms with Gasteiger partial charge in [0, 0.05) is 38.8 Å². The van der Waals surface area contributed by atoms with Gasteiger partial charge in [-0.1, -0.05) is 13.8 Å². The van der Waals surface area contributed by atoms with Crippen LogP contribution in [0.1, 0.15) is 56.7 Å². The van der Waals surface area contributed by atoms with Crippen LogP contribution < -0.4 is 9.47 Å². The van der Waals surface area contributed by atoms with E-state index in [1.807, 2.05) is 0 Å². The first-order valence-corrected chi connectivity index (χ1v) is 12.9. The van der Waals surface area contributed by atoms with Gasteiger partial charge in [-0.3, -0.25) is 4.90 Å². The van der Waals surface area contributed by atoms with Gasteiger partial charge < -0.3 is 24.2 Å². The Morgan fingerprint density at radius 1 is 1.12 bits per heavy atom. The molecule has 7 nitrogen and oxygen atoms in total. The molecule has 4 atom stereocenters. The van der Waals surface area contributed by atoms with E-state index < -0.39 is 0 Å². The number of ether oxygens (including phenoxy) is 3. The molecule has 1 aromatic rings. The number of aliphatic hydroxyl groups is 1. The van der Waals surface area contributed by atoms with Crippen molar-refractivity contribution in [2.75, 3.05) is 53.6 Å². The lowest BCUT2D eigenvalue weighted by Crippen LogP contribution is -2.48. The molecule has 4 rings (SSSR count). The standard InChI is InChI=1S/C27H42N2O5/c1-18(2)10-21-15-28-9-7-20-12-25(32-3)26(33-4)13-23(20)24(28)11-22(21)17-34-27(31)29-8-5-6-19(14-29)16-30/h12-13,18-19,21-22,24,30H,5-11,14-17H2,1-4H3. The third kappa shape index (κ3) is 5.46. The maximum atomic E-state index is 12.8. The second-order valence-electron chi connectivity index (χ2n) is 10.8. The van der Waals surface area contributed by atoms with Crippen molar-refractivity contribution in [1.82, 2.24) is 9.80 Å². The average Bonchev–Trinajstić information content (AvgIpc) is 2.85. The van der Waals surface area contributed by atoms with E-state index in [4.69, 9.17) is 14.2 Å². The fourth-order valence-corrected chi connectivity index (χ4v) is 6.23. The van der Waals surface area contributed by atoms with Crippen LogP contribution >= 0.6 is 0 Å². The zero-order valence-electron chi connectivity index (χ0n) is 21.3. The highest BCUT2D eigenvalue weighted by Crippen LogP contribution is 2.45. The predicted octanol–water partition coefficient (Wildman–Crippen LogP) is 4.13. The molecular formula is C27H42N2O5. The van der Waals surface area contributed by atoms with Crippen LogP contribution in [0.4, 0.5) is 4.79 Å². The van der Waals surface area contributed by atoms with Crippen LogP contribution in [0.5, 0.6) is 11.5 Å². The number of likely N-dealkylation sites (tertiary alicyclic amines) is 1. The summed E-state index contributed by atoms with van der Waals surface area (Å²) in [6.07, 6.45) is 4.82. The van der Waals surface area contributed by atoms with E-state index in [0.29, 0.717) is 36.9 Å². The molecule has 3 aliphatic rings. The highest BCUT2D eigenvalue weighted by atomic mass is 16.6. The number of methoxy groups -OCH3 is 2. The molecule has 0 aromatic heterocycles. The minimum Gasteiger partial charge on any atom is -0.493 e. The molecule has 0 radical (unpaired) electrons. The van der Waals surface area contributed by atoms with E-state index in [0.717, 1.165) is 63.2 Å². The predicted molar refractivity (Wildman–Crippen MR) is 131 cm³/mol. The summed E-state index contributed by atoms with van der Waals surface area (Å²) in [5.74, 6) is 3.18. The Morgan fingerprint density at radius 2 is 1.88 bits per heavy atom. The van der Waals surface area contributed by atoms with Gasteiger partial charge in [0.15, 0.2) is 11.5 Å². The summed E-state index contributed by atoms with van der Waals surface area (Å²) < 4.78 is 17.1. The van der Waals surface area contributed by atoms with Crippen LogP contribution in [0, 0.1) is 23.7 Å². The van der Waals surface area contributed by atoms with Gasteiger partial charge in [-0.15, -0.1) is 0 Å². The van der Waals surface area contributed by atoms with Crippen molar-refractivity contribution < 1.29 is 24.1 Å². The molecule has 0 spiro atoms. The smallest absolute Gasteiger partial charge is 0.409 e. The molecule has 4 unspecified atom stereocenters. The number of amides is 1. The van der Waals surface area contributed by atoms with Crippen molar-refractivity contribution in [3.63, 3.8) is 0 Å². The molecule has 7 heteroatoms. The number of carbonyl (C=O) groups excluding carboxylic acids is 1. The Hall–Kier alpha value is -1.99. The Morgan fingerprint density at radius 3 is 2.59 bits per heavy atom. The number of aliphatic hydroxyl groups excluding tert-OH is 1. The van der Waals surface area contributed by atoms with E-state index in [9.17, 15) is 9.90 Å². The molecule has 34 heavy (non-hydrogen) atoms. The summed E-state index contributed by atoms with van der Waals surface area (Å²) in [5.41, 5.74) is 2.66. The normalized spacial score (nSPS) is 27.2. The Balaban J connectivity index is 1.49. The van der Waals surface area contributed by atoms with Gasteiger partial charge in [0.25, 0.3) is 0 Å². The number of rotatable bonds is 7. The molecule has 3 aliphatic heterocycles. The van der Waals surface area contributed by atoms with Crippen molar-refractivity contribution in [2.45, 2.75) is 52.0 Å². The van der Waals surface area contributed by atoms with Crippen molar-refractivity contribution in [2.24, 2.45) is 23.7 Å². The monoisotopic (exact) mass is 474 g/mol. The lowest BCUT2D eigenvalue weighted by molar-refractivity contribution is 0.00192. The fourth-order valence-electron chi connectivity index (χ4n) is 6.23. The van der Waals surface area contributed by atoms with Crippen molar-refractivity contribution in [3.8, 4) is 11.5 Å². The molecule has 0 bridgehead atoms. The molecule has 1 amide bonds. The van der Waals surface area contributed by atoms with Crippen molar-refractivity contribution >= 4 is 6.09 Å². The fraction of sp³-hybridized carbons (Fsp3) is 0.741. The summed E-state index contributed by atoms with van der Waals surface area (Å²) in [6, 6.07) is 4.60. The molecule has 1 aromatic carbocycles. The highest BCUT2D eigenvalue weighted by Gasteiger charge is 2.40. The summed E-state index contributed by atoms with van der Waals surface area (Å²) in [7, 11) is 3.38. The molecule has 0 aliphatic carbocycles. The first kappa shape index (κ1) is 25.1. The minimum atomic E-state index is -0.223. The topological polar surface area (TPSA) is 71.5 Å². The number of hydrogen-bond acceptors (Lipinski definition) is 6. The van der Waals surface area contributed by atoms with Crippen LogP contribution in [0.25, 0.3) is 0 Å². The molecule has 0 saturated carbocycles. The molecule has 3 heterocycles. The molecule has 1 N–H and O–H groups in total. The molecule has 190 valence electrons. The van der Waals surface area contributed by atoms with E-state index in [1.54, 1.807) is 19.1 Å². The molecule has 2 saturated heterocycles. The van der Waals surface area contributed by atoms with Gasteiger partial charge in [-0.05, 0) is 79.0 Å². The largest absolute Gasteiger partial charge is 0.493 e. The van der Waals surface area contributed by atoms with Gasteiger partial charge in [0.1, 0.15) is 0 Å². The van der Waals surface area contributed by atoms with E-state index in [1.165, 1.54) is 11.1 Å². The van der Waals surface area contributed by atoms with Crippen LogP contribution in [-0.4, -0.2) is 74.6 Å². The third-order valence-electron chi connectivity index (χ3n) is 8.01. The zero-order chi connectivity index (χ0) is 24.2. The number of carbonyl (C=O) groups is 1. The summed E-state index contributed by atoms with van der Waals surface area (Å²) in [4.78, 5) is 17.3. The van der Waals surface area contributed by atoms with Gasteiger partial charge in [-0.25, -0.2) is 4.79 Å². The summed E-state index contributed by atoms with van der Waals surface area (Å²) in [5, 5.41) is 9.50. The summed E-state index contributed by atoms with van der Waals surface area (Å²) >= 11 is 0. The van der Waals surface area contributed by atoms with Crippen LogP contribution in [-0.2, 0) is 11.2 Å². The first-order valence-electron chi connectivity index (χ1n) is 12.9. The Bertz CT molecular complexity index is 845. The van der Waals surface area contributed by atoms with E-state index in [-0.39, 0.29) is 18.6 Å². The summed E-state index contributed by atoms with van der Waals surface area (Å²) in [6.45, 7) is 8.56. The number of fused-ring (bicyclic) bond motifs is 3. The second kappa shape index (κ2) is 11.2. The highest BCUT2D eigenvalue weighted by molar-refractivity contribution is 5.67. The van der Waals surface area contributed by atoms with Crippen molar-refractivity contribution in [3.05, 3.63) is 23.3 Å². The Kier molecular flexibility index (Phi) is 8.25. The lowest BCUT2D eigenvalue weighted by Gasteiger charge is -2.47. The van der Waals surface area contributed by atoms with Crippen LogP contribution in [0.15, 0.2) is 12.1 Å². The van der Waals surface area contributed by atoms with Gasteiger partial charge in [-0.2, -0.15) is 0 Å². The quantitative estimate of drug-likeness (QED) is 0.641. The zero-order valence-corrected chi connectivity index (χ0v) is 21.3. The van der Waals surface area contributed by atoms with Gasteiger partial charge >= 0.3 is 6.09 Å². The van der Waals surface area contributed by atoms with Gasteiger partial charge in [0.05, 0.1) is 20.8 Å².